The molecule has 0 bridgehead atoms. The molecule has 1 unspecified atom stereocenters. The van der Waals surface area contributed by atoms with Crippen LogP contribution < -0.4 is 5.32 Å². The van der Waals surface area contributed by atoms with Crippen molar-refractivity contribution in [3.63, 3.8) is 0 Å². The molecule has 0 aliphatic rings. The largest absolute Gasteiger partial charge is 0.465 e. The molecule has 4 nitrogen and oxygen atoms in total. The molecule has 4 heteroatoms. The summed E-state index contributed by atoms with van der Waals surface area (Å²) in [6.45, 7) is 9.05. The highest BCUT2D eigenvalue weighted by Crippen LogP contribution is 1.94. The van der Waals surface area contributed by atoms with Crippen molar-refractivity contribution in [2.24, 2.45) is 0 Å². The van der Waals surface area contributed by atoms with Crippen molar-refractivity contribution in [1.82, 2.24) is 5.32 Å². The Bertz CT molecular complexity index is 159. The maximum Gasteiger partial charge on any atom is 0.325 e. The zero-order chi connectivity index (χ0) is 11.0. The van der Waals surface area contributed by atoms with Crippen LogP contribution in [0.3, 0.4) is 0 Å². The third-order valence-corrected chi connectivity index (χ3v) is 1.59. The fraction of sp³-hybridized carbons (Fsp3) is 0.900. The molecule has 0 saturated carbocycles. The van der Waals surface area contributed by atoms with Crippen molar-refractivity contribution in [3.8, 4) is 0 Å². The molecule has 0 aromatic rings. The summed E-state index contributed by atoms with van der Waals surface area (Å²) in [5.41, 5.74) is 0. The number of hydrogen-bond donors (Lipinski definition) is 1. The average molecular weight is 203 g/mol. The van der Waals surface area contributed by atoms with Gasteiger partial charge in [-0.25, -0.2) is 0 Å². The molecule has 0 aliphatic carbocycles. The van der Waals surface area contributed by atoms with E-state index in [1.54, 1.807) is 6.92 Å². The minimum Gasteiger partial charge on any atom is -0.465 e. The first-order chi connectivity index (χ1) is 6.61. The van der Waals surface area contributed by atoms with Crippen molar-refractivity contribution >= 4 is 5.97 Å². The number of esters is 1. The third-order valence-electron chi connectivity index (χ3n) is 1.59. The second kappa shape index (κ2) is 7.76. The molecule has 0 radical (unpaired) electrons. The van der Waals surface area contributed by atoms with E-state index in [9.17, 15) is 4.79 Å². The van der Waals surface area contributed by atoms with Gasteiger partial charge in [-0.3, -0.25) is 4.79 Å². The molecule has 14 heavy (non-hydrogen) atoms. The van der Waals surface area contributed by atoms with Crippen molar-refractivity contribution in [2.45, 2.75) is 39.8 Å². The van der Waals surface area contributed by atoms with Gasteiger partial charge in [-0.05, 0) is 13.8 Å². The van der Waals surface area contributed by atoms with Crippen LogP contribution in [0.4, 0.5) is 0 Å². The highest BCUT2D eigenvalue weighted by Gasteiger charge is 2.19. The summed E-state index contributed by atoms with van der Waals surface area (Å²) in [6.07, 6.45) is 0. The van der Waals surface area contributed by atoms with Crippen LogP contribution in [0, 0.1) is 0 Å². The van der Waals surface area contributed by atoms with Gasteiger partial charge in [0.25, 0.3) is 0 Å². The lowest BCUT2D eigenvalue weighted by Crippen LogP contribution is -2.45. The number of ether oxygens (including phenoxy) is 2. The number of carbonyl (C=O) groups excluding carboxylic acids is 1. The van der Waals surface area contributed by atoms with E-state index in [4.69, 9.17) is 9.47 Å². The fourth-order valence-corrected chi connectivity index (χ4v) is 1.07. The van der Waals surface area contributed by atoms with Gasteiger partial charge in [0.1, 0.15) is 6.04 Å². The number of nitrogens with one attached hydrogen (secondary N) is 1. The van der Waals surface area contributed by atoms with Gasteiger partial charge < -0.3 is 14.8 Å². The molecule has 0 rings (SSSR count). The van der Waals surface area contributed by atoms with Crippen molar-refractivity contribution in [2.75, 3.05) is 19.8 Å². The molecule has 0 amide bonds. The van der Waals surface area contributed by atoms with Gasteiger partial charge in [0, 0.05) is 12.6 Å². The number of carbonyl (C=O) groups is 1. The van der Waals surface area contributed by atoms with E-state index in [-0.39, 0.29) is 18.1 Å². The molecule has 0 heterocycles. The van der Waals surface area contributed by atoms with Gasteiger partial charge in [0.05, 0.1) is 13.2 Å². The van der Waals surface area contributed by atoms with E-state index in [0.29, 0.717) is 19.8 Å². The zero-order valence-electron chi connectivity index (χ0n) is 9.50. The summed E-state index contributed by atoms with van der Waals surface area (Å²) in [4.78, 5) is 11.4. The summed E-state index contributed by atoms with van der Waals surface area (Å²) in [5, 5.41) is 3.10. The van der Waals surface area contributed by atoms with Crippen LogP contribution in [0.2, 0.25) is 0 Å². The molecule has 0 aliphatic heterocycles. The van der Waals surface area contributed by atoms with Crippen molar-refractivity contribution in [1.29, 1.82) is 0 Å². The second-order valence-electron chi connectivity index (χ2n) is 3.29. The van der Waals surface area contributed by atoms with Gasteiger partial charge >= 0.3 is 5.97 Å². The van der Waals surface area contributed by atoms with Crippen LogP contribution in [0.25, 0.3) is 0 Å². The first-order valence-corrected chi connectivity index (χ1v) is 5.12. The molecule has 0 aromatic heterocycles. The monoisotopic (exact) mass is 203 g/mol. The zero-order valence-corrected chi connectivity index (χ0v) is 9.50. The van der Waals surface area contributed by atoms with E-state index >= 15 is 0 Å². The fourth-order valence-electron chi connectivity index (χ4n) is 1.07. The molecule has 1 atom stereocenters. The minimum absolute atomic E-state index is 0.241. The second-order valence-corrected chi connectivity index (χ2v) is 3.29. The maximum atomic E-state index is 11.4. The normalized spacial score (nSPS) is 12.9. The van der Waals surface area contributed by atoms with Crippen LogP contribution in [-0.4, -0.2) is 37.9 Å². The van der Waals surface area contributed by atoms with E-state index in [2.05, 4.69) is 5.32 Å². The van der Waals surface area contributed by atoms with Gasteiger partial charge in [-0.15, -0.1) is 0 Å². The summed E-state index contributed by atoms with van der Waals surface area (Å²) in [5.74, 6) is -0.241. The Kier molecular flexibility index (Phi) is 7.42. The Morgan fingerprint density at radius 1 is 1.29 bits per heavy atom. The molecule has 0 aromatic carbocycles. The Hall–Kier alpha value is -0.610. The van der Waals surface area contributed by atoms with E-state index in [1.807, 2.05) is 20.8 Å². The summed E-state index contributed by atoms with van der Waals surface area (Å²) in [6, 6.07) is -0.111. The molecule has 0 fully saturated rings. The lowest BCUT2D eigenvalue weighted by atomic mass is 10.2. The third kappa shape index (κ3) is 5.94. The standard InChI is InChI=1S/C10H21NO3/c1-5-13-7-9(11-8(3)4)10(12)14-6-2/h8-9,11H,5-7H2,1-4H3. The van der Waals surface area contributed by atoms with Gasteiger partial charge in [0.2, 0.25) is 0 Å². The molecule has 0 saturated heterocycles. The lowest BCUT2D eigenvalue weighted by Gasteiger charge is -2.19. The number of rotatable bonds is 7. The van der Waals surface area contributed by atoms with Gasteiger partial charge in [0.15, 0.2) is 0 Å². The topological polar surface area (TPSA) is 47.6 Å². The number of hydrogen-bond acceptors (Lipinski definition) is 4. The first-order valence-electron chi connectivity index (χ1n) is 5.12. The first kappa shape index (κ1) is 13.4. The SMILES string of the molecule is CCOCC(NC(C)C)C(=O)OCC. The van der Waals surface area contributed by atoms with Crippen molar-refractivity contribution in [3.05, 3.63) is 0 Å². The Labute approximate surface area is 86.0 Å². The highest BCUT2D eigenvalue weighted by molar-refractivity contribution is 5.75. The van der Waals surface area contributed by atoms with Crippen LogP contribution in [0.15, 0.2) is 0 Å². The van der Waals surface area contributed by atoms with E-state index in [1.165, 1.54) is 0 Å². The van der Waals surface area contributed by atoms with Crippen molar-refractivity contribution < 1.29 is 14.3 Å². The van der Waals surface area contributed by atoms with E-state index in [0.717, 1.165) is 0 Å². The van der Waals surface area contributed by atoms with Crippen LogP contribution in [0.1, 0.15) is 27.7 Å². The Morgan fingerprint density at radius 2 is 1.93 bits per heavy atom. The van der Waals surface area contributed by atoms with Gasteiger partial charge in [-0.2, -0.15) is 0 Å². The summed E-state index contributed by atoms with van der Waals surface area (Å²) >= 11 is 0. The summed E-state index contributed by atoms with van der Waals surface area (Å²) in [7, 11) is 0. The molecule has 0 spiro atoms. The van der Waals surface area contributed by atoms with E-state index < -0.39 is 0 Å². The maximum absolute atomic E-state index is 11.4. The lowest BCUT2D eigenvalue weighted by molar-refractivity contribution is -0.147. The van der Waals surface area contributed by atoms with Crippen LogP contribution >= 0.6 is 0 Å². The van der Waals surface area contributed by atoms with Gasteiger partial charge in [-0.1, -0.05) is 13.8 Å². The predicted octanol–water partition coefficient (Wildman–Crippen LogP) is 0.953. The smallest absolute Gasteiger partial charge is 0.325 e. The van der Waals surface area contributed by atoms with Crippen LogP contribution in [0.5, 0.6) is 0 Å². The quantitative estimate of drug-likeness (QED) is 0.626. The molecular weight excluding hydrogens is 182 g/mol. The Balaban J connectivity index is 4.01. The highest BCUT2D eigenvalue weighted by atomic mass is 16.5. The Morgan fingerprint density at radius 3 is 2.36 bits per heavy atom. The molecule has 1 N–H and O–H groups in total. The molecular formula is C10H21NO3. The minimum atomic E-state index is -0.352. The predicted molar refractivity (Wildman–Crippen MR) is 55.2 cm³/mol. The molecule has 84 valence electrons. The average Bonchev–Trinajstić information content (AvgIpc) is 2.12. The summed E-state index contributed by atoms with van der Waals surface area (Å²) < 4.78 is 10.1. The van der Waals surface area contributed by atoms with Crippen LogP contribution in [-0.2, 0) is 14.3 Å².